The maximum atomic E-state index is 12.7. The highest BCUT2D eigenvalue weighted by atomic mass is 16.8. The van der Waals surface area contributed by atoms with Crippen LogP contribution >= 0.6 is 0 Å². The average molecular weight is 328 g/mol. The van der Waals surface area contributed by atoms with Crippen molar-refractivity contribution in [3.63, 3.8) is 0 Å². The third-order valence-electron chi connectivity index (χ3n) is 4.13. The Labute approximate surface area is 139 Å². The topological polar surface area (TPSA) is 110 Å². The Morgan fingerprint density at radius 1 is 1.08 bits per heavy atom. The molecule has 0 radical (unpaired) electrons. The molecule has 1 atom stereocenters. The Morgan fingerprint density at radius 2 is 1.62 bits per heavy atom. The Hall–Kier alpha value is -2.90. The predicted molar refractivity (Wildman–Crippen MR) is 89.2 cm³/mol. The van der Waals surface area contributed by atoms with Gasteiger partial charge in [0.25, 0.3) is 5.91 Å². The fourth-order valence-electron chi connectivity index (χ4n) is 2.39. The number of nitrogens with two attached hydrogens (primary N) is 1. The van der Waals surface area contributed by atoms with Crippen molar-refractivity contribution in [2.45, 2.75) is 12.5 Å². The molecule has 126 valence electrons. The van der Waals surface area contributed by atoms with E-state index >= 15 is 0 Å². The van der Waals surface area contributed by atoms with Gasteiger partial charge in [0.15, 0.2) is 0 Å². The Morgan fingerprint density at radius 3 is 2.08 bits per heavy atom. The molecule has 0 aromatic heterocycles. The average Bonchev–Trinajstić information content (AvgIpc) is 2.60. The van der Waals surface area contributed by atoms with Crippen LogP contribution in [0.2, 0.25) is 0 Å². The first-order valence-corrected chi connectivity index (χ1v) is 7.18. The molecular formula is C17H18N3O4-. The van der Waals surface area contributed by atoms with E-state index in [9.17, 15) is 14.8 Å². The molecule has 0 bridgehead atoms. The summed E-state index contributed by atoms with van der Waals surface area (Å²) in [6, 6.07) is 14.1. The van der Waals surface area contributed by atoms with Gasteiger partial charge in [0.1, 0.15) is 5.54 Å². The van der Waals surface area contributed by atoms with Gasteiger partial charge in [0.05, 0.1) is 5.69 Å². The molecule has 3 N–H and O–H groups in total. The number of primary amides is 1. The highest BCUT2D eigenvalue weighted by Gasteiger charge is 2.40. The largest absolute Gasteiger partial charge is 0.733 e. The molecule has 0 aliphatic rings. The number of likely N-dealkylation sites (N-methyl/N-ethyl adjacent to an activating group) is 1. The second-order valence-corrected chi connectivity index (χ2v) is 5.49. The van der Waals surface area contributed by atoms with E-state index in [4.69, 9.17) is 10.9 Å². The minimum atomic E-state index is -1.33. The first-order valence-electron chi connectivity index (χ1n) is 7.18. The molecular weight excluding hydrogens is 310 g/mol. The molecule has 7 nitrogen and oxygen atoms in total. The quantitative estimate of drug-likeness (QED) is 0.814. The van der Waals surface area contributed by atoms with Crippen molar-refractivity contribution in [3.8, 4) is 0 Å². The smallest absolute Gasteiger partial charge is 0.254 e. The summed E-state index contributed by atoms with van der Waals surface area (Å²) in [5.74, 6) is -1.11. The lowest BCUT2D eigenvalue weighted by Gasteiger charge is -2.36. The number of carbonyl (C=O) groups is 2. The van der Waals surface area contributed by atoms with Gasteiger partial charge in [-0.05, 0) is 36.8 Å². The number of hydrogen-bond acceptors (Lipinski definition) is 5. The minimum Gasteiger partial charge on any atom is -0.733 e. The lowest BCUT2D eigenvalue weighted by atomic mass is 9.89. The Kier molecular flexibility index (Phi) is 4.87. The summed E-state index contributed by atoms with van der Waals surface area (Å²) in [6.45, 7) is 1.57. The van der Waals surface area contributed by atoms with Crippen molar-refractivity contribution < 1.29 is 14.8 Å². The molecule has 2 rings (SSSR count). The van der Waals surface area contributed by atoms with Crippen molar-refractivity contribution in [2.24, 2.45) is 5.73 Å². The minimum absolute atomic E-state index is 0.00470. The number of benzene rings is 2. The summed E-state index contributed by atoms with van der Waals surface area (Å²) in [4.78, 5) is 26.1. The van der Waals surface area contributed by atoms with Gasteiger partial charge in [0.2, 0.25) is 5.91 Å². The molecule has 1 unspecified atom stereocenters. The maximum Gasteiger partial charge on any atom is 0.254 e. The number of anilines is 1. The van der Waals surface area contributed by atoms with Crippen LogP contribution in [0, 0.1) is 5.21 Å². The van der Waals surface area contributed by atoms with E-state index in [1.54, 1.807) is 37.3 Å². The standard InChI is InChI=1S/C17H18N3O4/c1-17(16(18)22,13-6-4-3-5-7-13)19(2)15(21)12-8-10-14(11-9-12)20(23)24/h3-11,23H,1-2H3,(H2,18,22)/q-1. The molecule has 0 heterocycles. The van der Waals surface area contributed by atoms with E-state index in [1.165, 1.54) is 36.2 Å². The summed E-state index contributed by atoms with van der Waals surface area (Å²) in [6.07, 6.45) is 0. The summed E-state index contributed by atoms with van der Waals surface area (Å²) in [7, 11) is 1.49. The van der Waals surface area contributed by atoms with Crippen LogP contribution in [-0.4, -0.2) is 29.0 Å². The highest BCUT2D eigenvalue weighted by Crippen LogP contribution is 2.28. The number of carbonyl (C=O) groups excluding carboxylic acids is 2. The number of amides is 2. The summed E-state index contributed by atoms with van der Waals surface area (Å²) < 4.78 is 0. The van der Waals surface area contributed by atoms with Crippen LogP contribution in [0.25, 0.3) is 0 Å². The monoisotopic (exact) mass is 328 g/mol. The Balaban J connectivity index is 2.38. The lowest BCUT2D eigenvalue weighted by Crippen LogP contribution is -2.53. The van der Waals surface area contributed by atoms with Crippen LogP contribution in [0.4, 0.5) is 5.69 Å². The van der Waals surface area contributed by atoms with Crippen LogP contribution < -0.4 is 11.0 Å². The number of rotatable bonds is 5. The van der Waals surface area contributed by atoms with Crippen molar-refractivity contribution in [3.05, 3.63) is 70.9 Å². The first-order chi connectivity index (χ1) is 11.3. The normalized spacial score (nSPS) is 13.0. The maximum absolute atomic E-state index is 12.7. The predicted octanol–water partition coefficient (Wildman–Crippen LogP) is 1.85. The van der Waals surface area contributed by atoms with Gasteiger partial charge in [-0.3, -0.25) is 14.8 Å². The van der Waals surface area contributed by atoms with Crippen LogP contribution in [-0.2, 0) is 10.3 Å². The zero-order valence-electron chi connectivity index (χ0n) is 13.3. The molecule has 24 heavy (non-hydrogen) atoms. The Bertz CT molecular complexity index is 731. The van der Waals surface area contributed by atoms with E-state index in [2.05, 4.69) is 0 Å². The summed E-state index contributed by atoms with van der Waals surface area (Å²) in [5.41, 5.74) is 5.08. The molecule has 0 spiro atoms. The molecule has 0 fully saturated rings. The zero-order valence-corrected chi connectivity index (χ0v) is 13.3. The molecule has 2 aromatic carbocycles. The fourth-order valence-corrected chi connectivity index (χ4v) is 2.39. The van der Waals surface area contributed by atoms with Crippen molar-refractivity contribution in [1.29, 1.82) is 0 Å². The summed E-state index contributed by atoms with van der Waals surface area (Å²) in [5, 5.41) is 19.3. The summed E-state index contributed by atoms with van der Waals surface area (Å²) >= 11 is 0. The van der Waals surface area contributed by atoms with Crippen molar-refractivity contribution in [1.82, 2.24) is 4.90 Å². The number of nitrogens with zero attached hydrogens (tertiary/aromatic N) is 2. The molecule has 0 aliphatic carbocycles. The van der Waals surface area contributed by atoms with E-state index in [0.29, 0.717) is 5.56 Å². The van der Waals surface area contributed by atoms with E-state index < -0.39 is 17.4 Å². The molecule has 7 heteroatoms. The second-order valence-electron chi connectivity index (χ2n) is 5.49. The van der Waals surface area contributed by atoms with Gasteiger partial charge in [-0.2, -0.15) is 0 Å². The van der Waals surface area contributed by atoms with Crippen LogP contribution in [0.5, 0.6) is 0 Å². The number of hydrogen-bond donors (Lipinski definition) is 2. The highest BCUT2D eigenvalue weighted by molar-refractivity contribution is 5.99. The van der Waals surface area contributed by atoms with E-state index in [1.807, 2.05) is 0 Å². The van der Waals surface area contributed by atoms with Gasteiger partial charge in [-0.1, -0.05) is 30.3 Å². The van der Waals surface area contributed by atoms with Crippen molar-refractivity contribution >= 4 is 17.5 Å². The van der Waals surface area contributed by atoms with Gasteiger partial charge in [-0.15, -0.1) is 0 Å². The van der Waals surface area contributed by atoms with E-state index in [-0.39, 0.29) is 16.5 Å². The van der Waals surface area contributed by atoms with Gasteiger partial charge in [0, 0.05) is 12.6 Å². The fraction of sp³-hybridized carbons (Fsp3) is 0.176. The lowest BCUT2D eigenvalue weighted by molar-refractivity contribution is -0.127. The molecule has 0 saturated carbocycles. The molecule has 2 aromatic rings. The molecule has 0 aliphatic heterocycles. The van der Waals surface area contributed by atoms with Gasteiger partial charge in [-0.25, -0.2) is 0 Å². The SMILES string of the molecule is CN(C(=O)c1ccc(N([O-])O)cc1)C(C)(C(N)=O)c1ccccc1. The third kappa shape index (κ3) is 3.08. The second kappa shape index (κ2) is 6.69. The molecule has 2 amide bonds. The van der Waals surface area contributed by atoms with Gasteiger partial charge >= 0.3 is 0 Å². The molecule has 0 saturated heterocycles. The van der Waals surface area contributed by atoms with Crippen LogP contribution in [0.15, 0.2) is 54.6 Å². The van der Waals surface area contributed by atoms with Crippen LogP contribution in [0.3, 0.4) is 0 Å². The zero-order chi connectivity index (χ0) is 17.9. The van der Waals surface area contributed by atoms with Crippen molar-refractivity contribution in [2.75, 3.05) is 12.3 Å². The van der Waals surface area contributed by atoms with Gasteiger partial charge < -0.3 is 21.1 Å². The first kappa shape index (κ1) is 17.5. The van der Waals surface area contributed by atoms with E-state index in [0.717, 1.165) is 0 Å². The third-order valence-corrected chi connectivity index (χ3v) is 4.13. The van der Waals surface area contributed by atoms with Crippen LogP contribution in [0.1, 0.15) is 22.8 Å².